The van der Waals surface area contributed by atoms with Crippen molar-refractivity contribution in [1.29, 1.82) is 0 Å². The van der Waals surface area contributed by atoms with Crippen LogP contribution in [-0.4, -0.2) is 75.3 Å². The molecule has 49 heavy (non-hydrogen) atoms. The third-order valence-electron chi connectivity index (χ3n) is 10.3. The van der Waals surface area contributed by atoms with E-state index in [1.54, 1.807) is 20.2 Å². The minimum atomic E-state index is -0.889. The van der Waals surface area contributed by atoms with Crippen LogP contribution in [0.15, 0.2) is 79.2 Å². The summed E-state index contributed by atoms with van der Waals surface area (Å²) >= 11 is 6.75. The number of aromatic nitrogens is 3. The van der Waals surface area contributed by atoms with E-state index in [0.29, 0.717) is 67.9 Å². The number of ether oxygens (including phenoxy) is 1. The number of benzene rings is 1. The molecule has 5 heterocycles. The molecule has 2 unspecified atom stereocenters. The average Bonchev–Trinajstić information content (AvgIpc) is 3.47. The van der Waals surface area contributed by atoms with E-state index < -0.39 is 23.1 Å². The number of aliphatic carboxylic acids is 1. The van der Waals surface area contributed by atoms with Gasteiger partial charge in [-0.3, -0.25) is 19.6 Å². The first-order valence-electron chi connectivity index (χ1n) is 16.6. The average molecular weight is 683 g/mol. The Balaban J connectivity index is 1.27. The summed E-state index contributed by atoms with van der Waals surface area (Å²) in [4.78, 5) is 30.8. The van der Waals surface area contributed by atoms with Crippen LogP contribution in [0.4, 0.5) is 10.2 Å². The van der Waals surface area contributed by atoms with Crippen molar-refractivity contribution < 1.29 is 19.0 Å². The van der Waals surface area contributed by atoms with Crippen molar-refractivity contribution in [1.82, 2.24) is 24.8 Å². The lowest BCUT2D eigenvalue weighted by atomic mass is 9.72. The second kappa shape index (κ2) is 13.2. The molecule has 0 saturated carbocycles. The van der Waals surface area contributed by atoms with Crippen LogP contribution in [0.3, 0.4) is 0 Å². The van der Waals surface area contributed by atoms with Crippen molar-refractivity contribution in [3.63, 3.8) is 0 Å². The van der Waals surface area contributed by atoms with Gasteiger partial charge in [-0.25, -0.2) is 14.4 Å². The van der Waals surface area contributed by atoms with Crippen LogP contribution in [0, 0.1) is 11.3 Å². The van der Waals surface area contributed by atoms with Crippen LogP contribution in [0.5, 0.6) is 5.88 Å². The number of hydrogen-bond acceptors (Lipinski definition) is 8. The van der Waals surface area contributed by atoms with E-state index in [1.807, 2.05) is 54.7 Å². The molecule has 4 aromatic rings. The highest BCUT2D eigenvalue weighted by Gasteiger charge is 2.43. The van der Waals surface area contributed by atoms with E-state index in [2.05, 4.69) is 40.3 Å². The number of halogens is 2. The van der Waals surface area contributed by atoms with Crippen molar-refractivity contribution in [3.8, 4) is 5.88 Å². The molecule has 3 atom stereocenters. The highest BCUT2D eigenvalue weighted by Crippen LogP contribution is 2.46. The maximum Gasteiger partial charge on any atom is 0.310 e. The van der Waals surface area contributed by atoms with Crippen LogP contribution in [0.25, 0.3) is 16.5 Å². The zero-order chi connectivity index (χ0) is 34.3. The summed E-state index contributed by atoms with van der Waals surface area (Å²) in [5.74, 6) is 0.130. The predicted octanol–water partition coefficient (Wildman–Crippen LogP) is 6.73. The SMILES string of the molecule is COc1nc(C2(Nc3nccc4cc(CN5CC(F)C5)cnc34)C=CC=C(c3ccccc3Cl)C2C)ccc1CN1CC[C@@](C)(C(=O)O)C1. The Kier molecular flexibility index (Phi) is 8.89. The molecule has 1 aliphatic carbocycles. The van der Waals surface area contributed by atoms with Gasteiger partial charge in [0.1, 0.15) is 17.2 Å². The molecule has 9 nitrogen and oxygen atoms in total. The minimum absolute atomic E-state index is 0.174. The van der Waals surface area contributed by atoms with E-state index in [0.717, 1.165) is 33.3 Å². The van der Waals surface area contributed by atoms with Crippen LogP contribution >= 0.6 is 11.6 Å². The number of rotatable bonds is 10. The molecule has 3 aliphatic rings. The first-order valence-corrected chi connectivity index (χ1v) is 17.0. The van der Waals surface area contributed by atoms with Crippen molar-refractivity contribution in [3.05, 3.63) is 107 Å². The van der Waals surface area contributed by atoms with Crippen molar-refractivity contribution in [2.45, 2.75) is 45.1 Å². The van der Waals surface area contributed by atoms with Crippen LogP contribution in [0.2, 0.25) is 5.02 Å². The van der Waals surface area contributed by atoms with Gasteiger partial charge in [0.05, 0.1) is 18.2 Å². The first kappa shape index (κ1) is 33.1. The lowest BCUT2D eigenvalue weighted by molar-refractivity contribution is -0.147. The molecule has 0 spiro atoms. The molecule has 0 bridgehead atoms. The topological polar surface area (TPSA) is 104 Å². The number of carboxylic acid groups (broad SMARTS) is 1. The molecular formula is C38H40ClFN6O3. The van der Waals surface area contributed by atoms with E-state index in [4.69, 9.17) is 31.3 Å². The van der Waals surface area contributed by atoms with Crippen molar-refractivity contribution in [2.24, 2.45) is 11.3 Å². The van der Waals surface area contributed by atoms with E-state index in [9.17, 15) is 14.3 Å². The number of alkyl halides is 1. The number of nitrogens with one attached hydrogen (secondary N) is 1. The summed E-state index contributed by atoms with van der Waals surface area (Å²) in [6.07, 6.45) is 9.65. The largest absolute Gasteiger partial charge is 0.481 e. The van der Waals surface area contributed by atoms with Gasteiger partial charge in [-0.2, -0.15) is 0 Å². The summed E-state index contributed by atoms with van der Waals surface area (Å²) in [6.45, 7) is 7.15. The molecule has 0 amide bonds. The summed E-state index contributed by atoms with van der Waals surface area (Å²) < 4.78 is 19.3. The highest BCUT2D eigenvalue weighted by atomic mass is 35.5. The molecule has 1 aromatic carbocycles. The van der Waals surface area contributed by atoms with Crippen molar-refractivity contribution in [2.75, 3.05) is 38.6 Å². The molecule has 11 heteroatoms. The van der Waals surface area contributed by atoms with Gasteiger partial charge >= 0.3 is 5.97 Å². The fraction of sp³-hybridized carbons (Fsp3) is 0.368. The van der Waals surface area contributed by atoms with Gasteiger partial charge < -0.3 is 15.2 Å². The molecule has 0 radical (unpaired) electrons. The molecular weight excluding hydrogens is 643 g/mol. The maximum atomic E-state index is 13.5. The van der Waals surface area contributed by atoms with E-state index >= 15 is 0 Å². The van der Waals surface area contributed by atoms with Gasteiger partial charge in [-0.1, -0.05) is 61.0 Å². The monoisotopic (exact) mass is 682 g/mol. The smallest absolute Gasteiger partial charge is 0.310 e. The number of fused-ring (bicyclic) bond motifs is 1. The lowest BCUT2D eigenvalue weighted by Crippen LogP contribution is -2.47. The van der Waals surface area contributed by atoms with Gasteiger partial charge in [0.25, 0.3) is 0 Å². The number of allylic oxidation sites excluding steroid dienone is 2. The molecule has 2 aliphatic heterocycles. The van der Waals surface area contributed by atoms with Crippen LogP contribution < -0.4 is 10.1 Å². The number of pyridine rings is 3. The molecule has 2 saturated heterocycles. The third kappa shape index (κ3) is 6.29. The Morgan fingerprint density at radius 1 is 1.14 bits per heavy atom. The summed E-state index contributed by atoms with van der Waals surface area (Å²) in [5, 5.41) is 15.1. The molecule has 2 N–H and O–H groups in total. The second-order valence-corrected chi connectivity index (χ2v) is 14.1. The minimum Gasteiger partial charge on any atom is -0.481 e. The van der Waals surface area contributed by atoms with Crippen LogP contribution in [0.1, 0.15) is 42.7 Å². The standard InChI is InChI=1S/C38H40ClFN6O3/c1-24-29(30-7-4-5-9-31(30)39)8-6-13-38(24,32-11-10-27(35(43-32)49-3)20-45-16-14-37(2,23-45)36(47)48)44-34-33-26(12-15-41-34)17-25(18-42-33)19-46-21-28(40)22-46/h4-13,15,17-18,24,28H,14,16,19-23H2,1-3H3,(H,41,44)(H,47,48)/t24?,37-,38?/m1/s1. The second-order valence-electron chi connectivity index (χ2n) is 13.7. The van der Waals surface area contributed by atoms with Crippen molar-refractivity contribution >= 4 is 39.9 Å². The molecule has 2 fully saturated rings. The van der Waals surface area contributed by atoms with Gasteiger partial charge in [0, 0.05) is 67.0 Å². The van der Waals surface area contributed by atoms with Gasteiger partial charge in [0.15, 0.2) is 5.82 Å². The Morgan fingerprint density at radius 3 is 2.69 bits per heavy atom. The number of anilines is 1. The molecule has 7 rings (SSSR count). The first-order chi connectivity index (χ1) is 23.6. The molecule has 254 valence electrons. The molecule has 3 aromatic heterocycles. The number of hydrogen-bond donors (Lipinski definition) is 2. The Labute approximate surface area is 290 Å². The summed E-state index contributed by atoms with van der Waals surface area (Å²) in [6, 6.07) is 15.9. The van der Waals surface area contributed by atoms with Gasteiger partial charge in [0.2, 0.25) is 5.88 Å². The zero-order valence-corrected chi connectivity index (χ0v) is 28.6. The normalized spacial score (nSPS) is 24.5. The number of nitrogens with zero attached hydrogens (tertiary/aromatic N) is 5. The number of carboxylic acids is 1. The number of carbonyl (C=O) groups is 1. The number of likely N-dealkylation sites (tertiary alicyclic amines) is 2. The Hall–Kier alpha value is -4.38. The lowest BCUT2D eigenvalue weighted by Gasteiger charge is -2.41. The highest BCUT2D eigenvalue weighted by molar-refractivity contribution is 6.32. The van der Waals surface area contributed by atoms with E-state index in [1.165, 1.54) is 0 Å². The third-order valence-corrected chi connectivity index (χ3v) is 10.6. The Bertz CT molecular complexity index is 1970. The number of methoxy groups -OCH3 is 1. The Morgan fingerprint density at radius 2 is 1.96 bits per heavy atom. The summed E-state index contributed by atoms with van der Waals surface area (Å²) in [5.41, 5.74) is 3.64. The fourth-order valence-electron chi connectivity index (χ4n) is 7.35. The predicted molar refractivity (Wildman–Crippen MR) is 189 cm³/mol. The zero-order valence-electron chi connectivity index (χ0n) is 27.9. The fourth-order valence-corrected chi connectivity index (χ4v) is 7.60. The maximum absolute atomic E-state index is 13.5. The van der Waals surface area contributed by atoms with Gasteiger partial charge in [-0.15, -0.1) is 0 Å². The van der Waals surface area contributed by atoms with E-state index in [-0.39, 0.29) is 5.92 Å². The summed E-state index contributed by atoms with van der Waals surface area (Å²) in [7, 11) is 1.61. The van der Waals surface area contributed by atoms with Crippen LogP contribution in [-0.2, 0) is 23.4 Å². The quantitative estimate of drug-likeness (QED) is 0.188. The van der Waals surface area contributed by atoms with Gasteiger partial charge in [-0.05, 0) is 60.9 Å².